The normalized spacial score (nSPS) is 15.0. The first-order valence-electron chi connectivity index (χ1n) is 7.13. The maximum atomic E-state index is 5.18. The summed E-state index contributed by atoms with van der Waals surface area (Å²) in [5, 5.41) is 3.59. The van der Waals surface area contributed by atoms with Gasteiger partial charge in [0.2, 0.25) is 0 Å². The van der Waals surface area contributed by atoms with Crippen molar-refractivity contribution in [2.24, 2.45) is 5.92 Å². The Hall–Kier alpha value is -0.160. The van der Waals surface area contributed by atoms with Gasteiger partial charge >= 0.3 is 0 Å². The van der Waals surface area contributed by atoms with E-state index in [1.165, 1.54) is 6.42 Å². The minimum absolute atomic E-state index is 0.550. The molecule has 0 spiro atoms. The second kappa shape index (κ2) is 11.9. The van der Waals surface area contributed by atoms with Gasteiger partial charge in [-0.25, -0.2) is 0 Å². The molecule has 0 amide bonds. The molecule has 110 valence electrons. The van der Waals surface area contributed by atoms with Crippen molar-refractivity contribution in [1.82, 2.24) is 10.2 Å². The van der Waals surface area contributed by atoms with Crippen LogP contribution < -0.4 is 5.32 Å². The second-order valence-corrected chi connectivity index (χ2v) is 4.84. The zero-order chi connectivity index (χ0) is 13.8. The fraction of sp³-hybridized carbons (Fsp3) is 1.00. The molecule has 0 saturated heterocycles. The van der Waals surface area contributed by atoms with Crippen LogP contribution in [0.5, 0.6) is 0 Å². The molecule has 0 heterocycles. The lowest BCUT2D eigenvalue weighted by molar-refractivity contribution is 0.102. The van der Waals surface area contributed by atoms with Gasteiger partial charge in [0, 0.05) is 39.9 Å². The van der Waals surface area contributed by atoms with Crippen molar-refractivity contribution in [3.8, 4) is 0 Å². The summed E-state index contributed by atoms with van der Waals surface area (Å²) in [6.07, 6.45) is 1.21. The minimum atomic E-state index is 0.550. The van der Waals surface area contributed by atoms with Crippen LogP contribution in [0, 0.1) is 5.92 Å². The van der Waals surface area contributed by atoms with E-state index in [0.717, 1.165) is 39.4 Å². The van der Waals surface area contributed by atoms with Gasteiger partial charge in [-0.05, 0) is 12.5 Å². The van der Waals surface area contributed by atoms with Crippen LogP contribution >= 0.6 is 0 Å². The van der Waals surface area contributed by atoms with Crippen molar-refractivity contribution in [2.75, 3.05) is 53.6 Å². The second-order valence-electron chi connectivity index (χ2n) is 4.84. The number of ether oxygens (including phenoxy) is 2. The van der Waals surface area contributed by atoms with Crippen LogP contribution in [0.3, 0.4) is 0 Å². The highest BCUT2D eigenvalue weighted by molar-refractivity contribution is 4.76. The van der Waals surface area contributed by atoms with Crippen molar-refractivity contribution in [1.29, 1.82) is 0 Å². The van der Waals surface area contributed by atoms with Crippen molar-refractivity contribution >= 4 is 0 Å². The molecule has 0 aromatic carbocycles. The molecule has 4 nitrogen and oxygen atoms in total. The van der Waals surface area contributed by atoms with E-state index < -0.39 is 0 Å². The molecule has 2 atom stereocenters. The van der Waals surface area contributed by atoms with E-state index in [9.17, 15) is 0 Å². The average Bonchev–Trinajstić information content (AvgIpc) is 2.39. The fourth-order valence-electron chi connectivity index (χ4n) is 2.01. The average molecular weight is 260 g/mol. The van der Waals surface area contributed by atoms with Gasteiger partial charge in [-0.15, -0.1) is 0 Å². The SMILES string of the molecule is CCNC(CN(CCOC)CCOC)C(C)CC. The van der Waals surface area contributed by atoms with Crippen LogP contribution in [0.1, 0.15) is 27.2 Å². The molecule has 0 fully saturated rings. The van der Waals surface area contributed by atoms with Crippen molar-refractivity contribution in [2.45, 2.75) is 33.2 Å². The van der Waals surface area contributed by atoms with Gasteiger partial charge in [-0.2, -0.15) is 0 Å². The van der Waals surface area contributed by atoms with Gasteiger partial charge in [0.1, 0.15) is 0 Å². The Bertz CT molecular complexity index is 171. The van der Waals surface area contributed by atoms with Gasteiger partial charge in [-0.3, -0.25) is 4.90 Å². The standard InChI is InChI=1S/C14H32N2O2/c1-6-13(3)14(15-7-2)12-16(8-10-17-4)9-11-18-5/h13-15H,6-12H2,1-5H3. The molecule has 18 heavy (non-hydrogen) atoms. The third kappa shape index (κ3) is 8.03. The molecule has 0 saturated carbocycles. The van der Waals surface area contributed by atoms with Gasteiger partial charge in [0.25, 0.3) is 0 Å². The number of methoxy groups -OCH3 is 2. The molecule has 2 unspecified atom stereocenters. The van der Waals surface area contributed by atoms with E-state index in [2.05, 4.69) is 31.0 Å². The zero-order valence-electron chi connectivity index (χ0n) is 12.9. The highest BCUT2D eigenvalue weighted by atomic mass is 16.5. The van der Waals surface area contributed by atoms with Crippen LogP contribution in [0.2, 0.25) is 0 Å². The molecule has 0 radical (unpaired) electrons. The first kappa shape index (κ1) is 17.8. The van der Waals surface area contributed by atoms with Gasteiger partial charge in [-0.1, -0.05) is 27.2 Å². The first-order chi connectivity index (χ1) is 8.69. The third-order valence-electron chi connectivity index (χ3n) is 3.48. The third-order valence-corrected chi connectivity index (χ3v) is 3.48. The predicted molar refractivity (Wildman–Crippen MR) is 77.1 cm³/mol. The van der Waals surface area contributed by atoms with Crippen LogP contribution in [-0.2, 0) is 9.47 Å². The summed E-state index contributed by atoms with van der Waals surface area (Å²) in [7, 11) is 3.51. The van der Waals surface area contributed by atoms with Crippen molar-refractivity contribution in [3.63, 3.8) is 0 Å². The number of rotatable bonds is 12. The van der Waals surface area contributed by atoms with E-state index in [1.54, 1.807) is 14.2 Å². The summed E-state index contributed by atoms with van der Waals surface area (Å²) in [6, 6.07) is 0.550. The Morgan fingerprint density at radius 3 is 2.00 bits per heavy atom. The Morgan fingerprint density at radius 2 is 1.61 bits per heavy atom. The predicted octanol–water partition coefficient (Wildman–Crippen LogP) is 1.61. The first-order valence-corrected chi connectivity index (χ1v) is 7.13. The topological polar surface area (TPSA) is 33.7 Å². The maximum absolute atomic E-state index is 5.18. The van der Waals surface area contributed by atoms with Gasteiger partial charge in [0.05, 0.1) is 13.2 Å². The lowest BCUT2D eigenvalue weighted by Gasteiger charge is -2.31. The van der Waals surface area contributed by atoms with Crippen LogP contribution in [-0.4, -0.2) is 64.6 Å². The number of nitrogens with one attached hydrogen (secondary N) is 1. The van der Waals surface area contributed by atoms with E-state index in [1.807, 2.05) is 0 Å². The van der Waals surface area contributed by atoms with Gasteiger partial charge < -0.3 is 14.8 Å². The minimum Gasteiger partial charge on any atom is -0.383 e. The molecular weight excluding hydrogens is 228 g/mol. The van der Waals surface area contributed by atoms with E-state index in [-0.39, 0.29) is 0 Å². The summed E-state index contributed by atoms with van der Waals surface area (Å²) in [4.78, 5) is 2.42. The molecular formula is C14H32N2O2. The molecule has 0 aliphatic carbocycles. The molecule has 0 aliphatic heterocycles. The Morgan fingerprint density at radius 1 is 1.06 bits per heavy atom. The highest BCUT2D eigenvalue weighted by Crippen LogP contribution is 2.09. The molecule has 0 aromatic rings. The quantitative estimate of drug-likeness (QED) is 0.578. The smallest absolute Gasteiger partial charge is 0.0589 e. The van der Waals surface area contributed by atoms with Gasteiger partial charge in [0.15, 0.2) is 0 Å². The van der Waals surface area contributed by atoms with Crippen molar-refractivity contribution < 1.29 is 9.47 Å². The molecule has 1 N–H and O–H groups in total. The van der Waals surface area contributed by atoms with Crippen molar-refractivity contribution in [3.05, 3.63) is 0 Å². The lowest BCUT2D eigenvalue weighted by atomic mass is 9.98. The molecule has 0 aromatic heterocycles. The molecule has 0 rings (SSSR count). The van der Waals surface area contributed by atoms with Crippen LogP contribution in [0.4, 0.5) is 0 Å². The highest BCUT2D eigenvalue weighted by Gasteiger charge is 2.18. The Labute approximate surface area is 113 Å². The van der Waals surface area contributed by atoms with E-state index in [4.69, 9.17) is 9.47 Å². The largest absolute Gasteiger partial charge is 0.383 e. The maximum Gasteiger partial charge on any atom is 0.0589 e. The Balaban J connectivity index is 4.27. The van der Waals surface area contributed by atoms with Crippen LogP contribution in [0.15, 0.2) is 0 Å². The Kier molecular flexibility index (Phi) is 11.8. The monoisotopic (exact) mass is 260 g/mol. The number of hydrogen-bond acceptors (Lipinski definition) is 4. The molecule has 4 heteroatoms. The number of nitrogens with zero attached hydrogens (tertiary/aromatic N) is 1. The van der Waals surface area contributed by atoms with E-state index in [0.29, 0.717) is 12.0 Å². The number of likely N-dealkylation sites (N-methyl/N-ethyl adjacent to an activating group) is 1. The summed E-state index contributed by atoms with van der Waals surface area (Å²) in [5.41, 5.74) is 0. The lowest BCUT2D eigenvalue weighted by Crippen LogP contribution is -2.46. The number of hydrogen-bond donors (Lipinski definition) is 1. The zero-order valence-corrected chi connectivity index (χ0v) is 12.9. The molecule has 0 bridgehead atoms. The van der Waals surface area contributed by atoms with E-state index >= 15 is 0 Å². The molecule has 0 aliphatic rings. The summed E-state index contributed by atoms with van der Waals surface area (Å²) >= 11 is 0. The summed E-state index contributed by atoms with van der Waals surface area (Å²) in [5.74, 6) is 0.692. The summed E-state index contributed by atoms with van der Waals surface area (Å²) in [6.45, 7) is 12.3. The summed E-state index contributed by atoms with van der Waals surface area (Å²) < 4.78 is 10.4. The fourth-order valence-corrected chi connectivity index (χ4v) is 2.01. The van der Waals surface area contributed by atoms with Crippen LogP contribution in [0.25, 0.3) is 0 Å².